The first-order valence-corrected chi connectivity index (χ1v) is 18.2. The van der Waals surface area contributed by atoms with Gasteiger partial charge in [-0.05, 0) is 96.8 Å². The van der Waals surface area contributed by atoms with E-state index in [9.17, 15) is 34.2 Å². The molecule has 278 valence electrons. The maximum absolute atomic E-state index is 11.7. The highest BCUT2D eigenvalue weighted by Gasteiger charge is 2.38. The summed E-state index contributed by atoms with van der Waals surface area (Å²) in [6, 6.07) is 0. The minimum absolute atomic E-state index is 0.00160. The Morgan fingerprint density at radius 3 is 1.31 bits per heavy atom. The average molecular weight is 686 g/mol. The predicted molar refractivity (Wildman–Crippen MR) is 183 cm³/mol. The fourth-order valence-electron chi connectivity index (χ4n) is 6.01. The zero-order valence-corrected chi connectivity index (χ0v) is 28.9. The molecule has 0 radical (unpaired) electrons. The van der Waals surface area contributed by atoms with Crippen LogP contribution >= 0.6 is 0 Å². The van der Waals surface area contributed by atoms with Crippen molar-refractivity contribution in [2.24, 2.45) is 0 Å². The van der Waals surface area contributed by atoms with Crippen molar-refractivity contribution >= 4 is 29.8 Å². The lowest BCUT2D eigenvalue weighted by atomic mass is 9.99. The number of nitrogens with one attached hydrogen (secondary N) is 5. The number of aliphatic carboxylic acids is 4. The fraction of sp³-hybridized carbons (Fsp3) is 0.853. The van der Waals surface area contributed by atoms with Crippen LogP contribution in [0, 0.1) is 0 Å². The topological polar surface area (TPSA) is 226 Å². The molecule has 0 aliphatic carbocycles. The van der Waals surface area contributed by atoms with Crippen LogP contribution in [-0.4, -0.2) is 94.3 Å². The molecule has 0 unspecified atom stereocenters. The van der Waals surface area contributed by atoms with Crippen LogP contribution in [0.3, 0.4) is 0 Å². The third-order valence-corrected chi connectivity index (χ3v) is 8.93. The van der Waals surface area contributed by atoms with E-state index in [2.05, 4.69) is 26.6 Å². The number of carboxylic acid groups (broad SMARTS) is 4. The smallest absolute Gasteiger partial charge is 0.338 e. The summed E-state index contributed by atoms with van der Waals surface area (Å²) in [5.41, 5.74) is -2.16. The van der Waals surface area contributed by atoms with E-state index in [1.165, 1.54) is 6.42 Å². The highest BCUT2D eigenvalue weighted by atomic mass is 16.4. The number of hydrogen-bond acceptors (Lipinski definition) is 9. The van der Waals surface area contributed by atoms with Crippen molar-refractivity contribution in [2.45, 2.75) is 153 Å². The second-order valence-electron chi connectivity index (χ2n) is 13.0. The minimum Gasteiger partial charge on any atom is -0.481 e. The van der Waals surface area contributed by atoms with Gasteiger partial charge in [0.1, 0.15) is 0 Å². The quantitative estimate of drug-likeness (QED) is 0.119. The molecule has 48 heavy (non-hydrogen) atoms. The summed E-state index contributed by atoms with van der Waals surface area (Å²) in [6.07, 6.45) is 18.4. The lowest BCUT2D eigenvalue weighted by molar-refractivity contribution is -0.148. The third kappa shape index (κ3) is 19.9. The standard InChI is InChI=1S/C16H30N2O4.C12H22N2O4.C6H11NO/c19-14(20)10-6-2-1-3-7-11-16(15(21)22)17-12-8-4-5-9-13-18-16;15-10(16)6-5-7-12(11(17)18)13-8-3-1-2-4-9-14-12;8-6-4-2-1-3-5-7-6/h17-18H,1-13H2,(H,19,20)(H,21,22);13-14H,1-9H2,(H,15,16)(H,17,18);1-5H2,(H,7,8). The number of unbranched alkanes of at least 4 members (excludes halogenated alkanes) is 4. The summed E-state index contributed by atoms with van der Waals surface area (Å²) >= 11 is 0. The molecule has 3 aliphatic rings. The lowest BCUT2D eigenvalue weighted by Gasteiger charge is -2.31. The van der Waals surface area contributed by atoms with Crippen molar-refractivity contribution in [3.63, 3.8) is 0 Å². The first kappa shape index (κ1) is 43.2. The van der Waals surface area contributed by atoms with Crippen molar-refractivity contribution in [1.29, 1.82) is 0 Å². The summed E-state index contributed by atoms with van der Waals surface area (Å²) < 4.78 is 0. The Morgan fingerprint density at radius 1 is 0.479 bits per heavy atom. The third-order valence-electron chi connectivity index (χ3n) is 8.93. The van der Waals surface area contributed by atoms with E-state index in [0.29, 0.717) is 32.4 Å². The maximum atomic E-state index is 11.7. The van der Waals surface area contributed by atoms with Crippen molar-refractivity contribution in [2.75, 3.05) is 32.7 Å². The molecule has 9 N–H and O–H groups in total. The molecule has 0 aromatic carbocycles. The second-order valence-corrected chi connectivity index (χ2v) is 13.0. The molecule has 3 aliphatic heterocycles. The van der Waals surface area contributed by atoms with Gasteiger partial charge < -0.3 is 25.7 Å². The van der Waals surface area contributed by atoms with Gasteiger partial charge in [0.05, 0.1) is 0 Å². The number of carbonyl (C=O) groups excluding carboxylic acids is 1. The monoisotopic (exact) mass is 685 g/mol. The average Bonchev–Trinajstić information content (AvgIpc) is 3.13. The molecule has 3 fully saturated rings. The number of carboxylic acids is 4. The van der Waals surface area contributed by atoms with E-state index in [4.69, 9.17) is 10.2 Å². The highest BCUT2D eigenvalue weighted by Crippen LogP contribution is 2.18. The molecule has 14 heteroatoms. The van der Waals surface area contributed by atoms with Gasteiger partial charge in [-0.15, -0.1) is 0 Å². The van der Waals surface area contributed by atoms with Crippen LogP contribution < -0.4 is 26.6 Å². The first-order valence-electron chi connectivity index (χ1n) is 18.2. The zero-order chi connectivity index (χ0) is 35.5. The molecule has 3 heterocycles. The van der Waals surface area contributed by atoms with Crippen LogP contribution in [0.15, 0.2) is 0 Å². The Kier molecular flexibility index (Phi) is 23.5. The van der Waals surface area contributed by atoms with Crippen molar-refractivity contribution in [1.82, 2.24) is 26.6 Å². The van der Waals surface area contributed by atoms with E-state index < -0.39 is 35.2 Å². The second kappa shape index (κ2) is 26.1. The van der Waals surface area contributed by atoms with E-state index >= 15 is 0 Å². The predicted octanol–water partition coefficient (Wildman–Crippen LogP) is 3.79. The zero-order valence-electron chi connectivity index (χ0n) is 28.9. The van der Waals surface area contributed by atoms with Crippen molar-refractivity contribution in [3.8, 4) is 0 Å². The maximum Gasteiger partial charge on any atom is 0.338 e. The summed E-state index contributed by atoms with van der Waals surface area (Å²) in [7, 11) is 0. The van der Waals surface area contributed by atoms with Gasteiger partial charge in [0, 0.05) is 25.8 Å². The molecule has 0 atom stereocenters. The van der Waals surface area contributed by atoms with E-state index in [1.54, 1.807) is 0 Å². The summed E-state index contributed by atoms with van der Waals surface area (Å²) in [4.78, 5) is 54.7. The first-order chi connectivity index (χ1) is 23.0. The highest BCUT2D eigenvalue weighted by molar-refractivity contribution is 5.79. The number of rotatable bonds is 14. The molecule has 0 spiro atoms. The molecular weight excluding hydrogens is 622 g/mol. The van der Waals surface area contributed by atoms with Crippen LogP contribution in [0.1, 0.15) is 141 Å². The SMILES string of the molecule is O=C(O)CCCC1(C(=O)O)NCCCCCCN1.O=C(O)CCCCCCCC1(C(=O)O)NCCCCCCN1.O=C1CCCCCN1. The molecule has 14 nitrogen and oxygen atoms in total. The Labute approximate surface area is 286 Å². The molecule has 0 bridgehead atoms. The molecule has 3 rings (SSSR count). The van der Waals surface area contributed by atoms with Crippen LogP contribution in [0.5, 0.6) is 0 Å². The van der Waals surface area contributed by atoms with Crippen LogP contribution in [0.4, 0.5) is 0 Å². The normalized spacial score (nSPS) is 20.0. The molecule has 0 saturated carbocycles. The molecular formula is C34H63N5O9. The Balaban J connectivity index is 0.000000395. The number of hydrogen-bond donors (Lipinski definition) is 9. The summed E-state index contributed by atoms with van der Waals surface area (Å²) in [5.74, 6) is -3.18. The molecule has 1 amide bonds. The van der Waals surface area contributed by atoms with Gasteiger partial charge >= 0.3 is 23.9 Å². The largest absolute Gasteiger partial charge is 0.481 e. The van der Waals surface area contributed by atoms with Crippen LogP contribution in [0.25, 0.3) is 0 Å². The molecule has 3 saturated heterocycles. The fourth-order valence-corrected chi connectivity index (χ4v) is 6.01. The van der Waals surface area contributed by atoms with E-state index in [-0.39, 0.29) is 25.2 Å². The van der Waals surface area contributed by atoms with Gasteiger partial charge in [-0.1, -0.05) is 51.4 Å². The molecule has 0 aromatic heterocycles. The van der Waals surface area contributed by atoms with Crippen molar-refractivity contribution in [3.05, 3.63) is 0 Å². The van der Waals surface area contributed by atoms with Crippen LogP contribution in [-0.2, 0) is 24.0 Å². The van der Waals surface area contributed by atoms with Crippen molar-refractivity contribution < 1.29 is 44.4 Å². The Hall–Kier alpha value is -2.81. The van der Waals surface area contributed by atoms with E-state index in [1.807, 2.05) is 0 Å². The van der Waals surface area contributed by atoms with Gasteiger partial charge in [0.25, 0.3) is 0 Å². The Bertz CT molecular complexity index is 920. The van der Waals surface area contributed by atoms with Gasteiger partial charge in [-0.2, -0.15) is 0 Å². The van der Waals surface area contributed by atoms with E-state index in [0.717, 1.165) is 116 Å². The minimum atomic E-state index is -1.17. The van der Waals surface area contributed by atoms with Gasteiger partial charge in [-0.25, -0.2) is 9.59 Å². The summed E-state index contributed by atoms with van der Waals surface area (Å²) in [6.45, 7) is 3.65. The number of amides is 1. The lowest BCUT2D eigenvalue weighted by Crippen LogP contribution is -2.62. The summed E-state index contributed by atoms with van der Waals surface area (Å²) in [5, 5.41) is 51.5. The number of carbonyl (C=O) groups is 5. The molecule has 0 aromatic rings. The Morgan fingerprint density at radius 2 is 0.854 bits per heavy atom. The van der Waals surface area contributed by atoms with Gasteiger partial charge in [-0.3, -0.25) is 35.7 Å². The van der Waals surface area contributed by atoms with Crippen LogP contribution in [0.2, 0.25) is 0 Å². The van der Waals surface area contributed by atoms with Gasteiger partial charge in [0.15, 0.2) is 11.3 Å². The van der Waals surface area contributed by atoms with Gasteiger partial charge in [0.2, 0.25) is 5.91 Å².